The second kappa shape index (κ2) is 7.07. The molecule has 0 saturated carbocycles. The highest BCUT2D eigenvalue weighted by Crippen LogP contribution is 2.27. The van der Waals surface area contributed by atoms with Gasteiger partial charge >= 0.3 is 0 Å². The molecule has 0 unspecified atom stereocenters. The summed E-state index contributed by atoms with van der Waals surface area (Å²) in [6.07, 6.45) is 2.30. The van der Waals surface area contributed by atoms with Crippen molar-refractivity contribution in [2.75, 3.05) is 26.2 Å². The average Bonchev–Trinajstić information content (AvgIpc) is 3.01. The first-order chi connectivity index (χ1) is 12.6. The molecule has 26 heavy (non-hydrogen) atoms. The normalized spacial score (nSPS) is 23.0. The van der Waals surface area contributed by atoms with Crippen molar-refractivity contribution in [1.29, 1.82) is 0 Å². The van der Waals surface area contributed by atoms with Crippen LogP contribution in [0.2, 0.25) is 0 Å². The number of nitrogens with one attached hydrogen (secondary N) is 2. The van der Waals surface area contributed by atoms with E-state index in [1.807, 2.05) is 4.90 Å². The fraction of sp³-hybridized carbons (Fsp3) is 0.526. The fourth-order valence-electron chi connectivity index (χ4n) is 4.24. The molecule has 2 fully saturated rings. The minimum atomic E-state index is -0.303. The summed E-state index contributed by atoms with van der Waals surface area (Å²) >= 11 is 0. The van der Waals surface area contributed by atoms with E-state index in [1.54, 1.807) is 24.3 Å². The van der Waals surface area contributed by atoms with Crippen molar-refractivity contribution in [3.05, 3.63) is 45.0 Å². The molecule has 2 aliphatic rings. The van der Waals surface area contributed by atoms with Crippen molar-refractivity contribution < 1.29 is 4.79 Å². The molecule has 0 aliphatic carbocycles. The molecule has 4 rings (SSSR count). The summed E-state index contributed by atoms with van der Waals surface area (Å²) in [5, 5.41) is 6.79. The summed E-state index contributed by atoms with van der Waals surface area (Å²) in [6.45, 7) is 3.87. The maximum atomic E-state index is 12.6. The minimum Gasteiger partial charge on any atom is -0.343 e. The van der Waals surface area contributed by atoms with E-state index >= 15 is 0 Å². The van der Waals surface area contributed by atoms with Crippen molar-refractivity contribution in [3.63, 3.8) is 0 Å². The van der Waals surface area contributed by atoms with E-state index in [0.717, 1.165) is 39.0 Å². The first-order valence-electron chi connectivity index (χ1n) is 9.34. The summed E-state index contributed by atoms with van der Waals surface area (Å²) < 4.78 is 1.26. The lowest BCUT2D eigenvalue weighted by Crippen LogP contribution is -2.35. The Kier molecular flexibility index (Phi) is 4.63. The van der Waals surface area contributed by atoms with Gasteiger partial charge in [-0.25, -0.2) is 4.68 Å². The zero-order valence-electron chi connectivity index (χ0n) is 14.7. The largest absolute Gasteiger partial charge is 0.343 e. The van der Waals surface area contributed by atoms with Gasteiger partial charge in [-0.2, -0.15) is 0 Å². The molecule has 1 amide bonds. The van der Waals surface area contributed by atoms with Gasteiger partial charge in [0, 0.05) is 19.5 Å². The molecule has 1 aromatic heterocycles. The molecule has 1 aromatic carbocycles. The van der Waals surface area contributed by atoms with Crippen LogP contribution in [0.3, 0.4) is 0 Å². The summed E-state index contributed by atoms with van der Waals surface area (Å²) in [7, 11) is 0. The Morgan fingerprint density at radius 3 is 2.38 bits per heavy atom. The molecule has 7 heteroatoms. The van der Waals surface area contributed by atoms with Gasteiger partial charge in [-0.05, 0) is 49.9 Å². The van der Waals surface area contributed by atoms with Crippen molar-refractivity contribution >= 4 is 16.7 Å². The molecule has 2 N–H and O–H groups in total. The van der Waals surface area contributed by atoms with Gasteiger partial charge in [0.1, 0.15) is 0 Å². The molecule has 0 bridgehead atoms. The van der Waals surface area contributed by atoms with Gasteiger partial charge in [0.2, 0.25) is 5.91 Å². The molecule has 0 radical (unpaired) electrons. The lowest BCUT2D eigenvalue weighted by atomic mass is 9.92. The van der Waals surface area contributed by atoms with Gasteiger partial charge in [-0.15, -0.1) is 0 Å². The molecule has 2 aliphatic heterocycles. The number of aryl methyl sites for hydroxylation is 1. The molecule has 2 aromatic rings. The summed E-state index contributed by atoms with van der Waals surface area (Å²) in [4.78, 5) is 39.2. The van der Waals surface area contributed by atoms with Crippen LogP contribution in [-0.2, 0) is 11.3 Å². The third-order valence-corrected chi connectivity index (χ3v) is 5.81. The molecule has 2 atom stereocenters. The number of hydrogen-bond acceptors (Lipinski definition) is 4. The molecule has 2 saturated heterocycles. The van der Waals surface area contributed by atoms with Crippen molar-refractivity contribution in [2.45, 2.75) is 25.8 Å². The first-order valence-corrected chi connectivity index (χ1v) is 9.34. The van der Waals surface area contributed by atoms with Gasteiger partial charge in [-0.1, -0.05) is 12.1 Å². The van der Waals surface area contributed by atoms with Gasteiger partial charge in [0.15, 0.2) is 0 Å². The van der Waals surface area contributed by atoms with E-state index in [-0.39, 0.29) is 30.0 Å². The van der Waals surface area contributed by atoms with Crippen molar-refractivity contribution in [2.24, 2.45) is 11.8 Å². The number of amides is 1. The highest BCUT2D eigenvalue weighted by molar-refractivity contribution is 5.80. The zero-order valence-corrected chi connectivity index (χ0v) is 14.7. The predicted octanol–water partition coefficient (Wildman–Crippen LogP) is 0.538. The van der Waals surface area contributed by atoms with E-state index < -0.39 is 0 Å². The zero-order chi connectivity index (χ0) is 18.1. The standard InChI is InChI=1S/C19H24N4O3/c24-17(22-8-5-13-11-20-12-14(13)6-9-22)7-10-23-19(26)16-4-2-1-3-15(16)18(25)21-23/h1-4,13-14,20H,5-12H2,(H,21,25)/t13-,14+. The summed E-state index contributed by atoms with van der Waals surface area (Å²) in [5.74, 6) is 1.40. The topological polar surface area (TPSA) is 87.2 Å². The highest BCUT2D eigenvalue weighted by atomic mass is 16.2. The summed E-state index contributed by atoms with van der Waals surface area (Å²) in [5.41, 5.74) is -0.563. The molecule has 0 spiro atoms. The third-order valence-electron chi connectivity index (χ3n) is 5.81. The molecule has 7 nitrogen and oxygen atoms in total. The maximum Gasteiger partial charge on any atom is 0.273 e. The number of rotatable bonds is 3. The Morgan fingerprint density at radius 1 is 1.04 bits per heavy atom. The summed E-state index contributed by atoms with van der Waals surface area (Å²) in [6, 6.07) is 6.75. The number of hydrogen-bond donors (Lipinski definition) is 2. The van der Waals surface area contributed by atoms with Crippen LogP contribution in [0.1, 0.15) is 19.3 Å². The molecule has 3 heterocycles. The molecule has 138 valence electrons. The van der Waals surface area contributed by atoms with E-state index in [0.29, 0.717) is 22.6 Å². The number of benzene rings is 1. The van der Waals surface area contributed by atoms with E-state index in [9.17, 15) is 14.4 Å². The lowest BCUT2D eigenvalue weighted by molar-refractivity contribution is -0.131. The van der Waals surface area contributed by atoms with Crippen LogP contribution < -0.4 is 16.4 Å². The number of aromatic amines is 1. The fourth-order valence-corrected chi connectivity index (χ4v) is 4.24. The van der Waals surface area contributed by atoms with Crippen LogP contribution in [-0.4, -0.2) is 46.8 Å². The Morgan fingerprint density at radius 2 is 1.69 bits per heavy atom. The number of H-pyrrole nitrogens is 1. The van der Waals surface area contributed by atoms with Gasteiger partial charge in [0.05, 0.1) is 17.3 Å². The van der Waals surface area contributed by atoms with E-state index in [2.05, 4.69) is 10.4 Å². The van der Waals surface area contributed by atoms with Crippen LogP contribution in [0, 0.1) is 11.8 Å². The van der Waals surface area contributed by atoms with Crippen LogP contribution in [0.4, 0.5) is 0 Å². The average molecular weight is 356 g/mol. The molecular weight excluding hydrogens is 332 g/mol. The van der Waals surface area contributed by atoms with Gasteiger partial charge < -0.3 is 10.2 Å². The number of fused-ring (bicyclic) bond motifs is 2. The number of likely N-dealkylation sites (tertiary alicyclic amines) is 1. The minimum absolute atomic E-state index is 0.0545. The van der Waals surface area contributed by atoms with Crippen LogP contribution in [0.5, 0.6) is 0 Å². The SMILES string of the molecule is O=C(CCn1[nH]c(=O)c2ccccc2c1=O)N1CC[C@@H]2CNC[C@@H]2CC1. The molecular formula is C19H24N4O3. The van der Waals surface area contributed by atoms with Crippen LogP contribution >= 0.6 is 0 Å². The second-order valence-electron chi connectivity index (χ2n) is 7.33. The lowest BCUT2D eigenvalue weighted by Gasteiger charge is -2.21. The third kappa shape index (κ3) is 3.19. The van der Waals surface area contributed by atoms with Gasteiger partial charge in [0.25, 0.3) is 11.1 Å². The number of aromatic nitrogens is 2. The van der Waals surface area contributed by atoms with Crippen molar-refractivity contribution in [3.8, 4) is 0 Å². The van der Waals surface area contributed by atoms with E-state index in [4.69, 9.17) is 0 Å². The van der Waals surface area contributed by atoms with Crippen LogP contribution in [0.25, 0.3) is 10.8 Å². The van der Waals surface area contributed by atoms with Crippen LogP contribution in [0.15, 0.2) is 33.9 Å². The van der Waals surface area contributed by atoms with Gasteiger partial charge in [-0.3, -0.25) is 19.5 Å². The monoisotopic (exact) mass is 356 g/mol. The quantitative estimate of drug-likeness (QED) is 0.840. The number of nitrogens with zero attached hydrogens (tertiary/aromatic N) is 2. The first kappa shape index (κ1) is 17.0. The Labute approximate surface area is 151 Å². The smallest absolute Gasteiger partial charge is 0.273 e. The number of carbonyl (C=O) groups excluding carboxylic acids is 1. The highest BCUT2D eigenvalue weighted by Gasteiger charge is 2.31. The maximum absolute atomic E-state index is 12.6. The number of carbonyl (C=O) groups is 1. The second-order valence-corrected chi connectivity index (χ2v) is 7.33. The Hall–Kier alpha value is -2.41. The Balaban J connectivity index is 1.45. The predicted molar refractivity (Wildman–Crippen MR) is 99.1 cm³/mol. The van der Waals surface area contributed by atoms with Crippen molar-refractivity contribution in [1.82, 2.24) is 20.0 Å². The Bertz CT molecular complexity index is 918. The van der Waals surface area contributed by atoms with E-state index in [1.165, 1.54) is 4.68 Å².